The Hall–Kier alpha value is -0.850. The van der Waals surface area contributed by atoms with Crippen molar-refractivity contribution in [2.75, 3.05) is 0 Å². The Labute approximate surface area is 131 Å². The minimum atomic E-state index is -0.442. The molecule has 0 aliphatic rings. The van der Waals surface area contributed by atoms with Crippen LogP contribution in [-0.4, -0.2) is 21.4 Å². The molecule has 1 aromatic carbocycles. The average molecular weight is 357 g/mol. The molecule has 2 rings (SSSR count). The van der Waals surface area contributed by atoms with E-state index in [1.165, 1.54) is 0 Å². The molecule has 0 fully saturated rings. The van der Waals surface area contributed by atoms with Gasteiger partial charge in [0.05, 0.1) is 18.3 Å². The van der Waals surface area contributed by atoms with E-state index >= 15 is 0 Å². The predicted octanol–water partition coefficient (Wildman–Crippen LogP) is 3.68. The monoisotopic (exact) mass is 356 g/mol. The van der Waals surface area contributed by atoms with Gasteiger partial charge in [-0.2, -0.15) is 4.98 Å². The van der Waals surface area contributed by atoms with Crippen molar-refractivity contribution in [3.63, 3.8) is 0 Å². The minimum absolute atomic E-state index is 0.183. The molecule has 1 atom stereocenters. The van der Waals surface area contributed by atoms with Gasteiger partial charge in [-0.3, -0.25) is 0 Å². The van der Waals surface area contributed by atoms with E-state index in [0.717, 1.165) is 9.37 Å². The average Bonchev–Trinajstić information content (AvgIpc) is 2.85. The number of thioether (sulfide) groups is 1. The van der Waals surface area contributed by atoms with Gasteiger partial charge in [-0.25, -0.2) is 0 Å². The van der Waals surface area contributed by atoms with Gasteiger partial charge in [-0.1, -0.05) is 34.9 Å². The molecule has 0 bridgehead atoms. The normalized spacial score (nSPS) is 12.8. The quantitative estimate of drug-likeness (QED) is 0.799. The number of halogens is 1. The molecule has 1 N–H and O–H groups in total. The van der Waals surface area contributed by atoms with Crippen LogP contribution < -0.4 is 0 Å². The maximum Gasteiger partial charge on any atom is 0.229 e. The highest BCUT2D eigenvalue weighted by molar-refractivity contribution is 9.10. The number of hydrogen-bond donors (Lipinski definition) is 1. The van der Waals surface area contributed by atoms with Crippen molar-refractivity contribution in [3.05, 3.63) is 40.5 Å². The number of nitrogens with zero attached hydrogens (tertiary/aromatic N) is 2. The molecule has 0 radical (unpaired) electrons. The van der Waals surface area contributed by atoms with E-state index in [-0.39, 0.29) is 5.92 Å². The van der Waals surface area contributed by atoms with Gasteiger partial charge in [-0.15, -0.1) is 11.8 Å². The summed E-state index contributed by atoms with van der Waals surface area (Å²) >= 11 is 5.06. The van der Waals surface area contributed by atoms with Crippen LogP contribution in [0.1, 0.15) is 25.6 Å². The Balaban J connectivity index is 1.88. The third-order valence-electron chi connectivity index (χ3n) is 2.85. The van der Waals surface area contributed by atoms with Gasteiger partial charge in [-0.05, 0) is 30.2 Å². The van der Waals surface area contributed by atoms with E-state index in [9.17, 15) is 5.11 Å². The third kappa shape index (κ3) is 4.61. The van der Waals surface area contributed by atoms with Gasteiger partial charge in [0.1, 0.15) is 0 Å². The molecule has 4 nitrogen and oxygen atoms in total. The van der Waals surface area contributed by atoms with E-state index in [4.69, 9.17) is 4.52 Å². The Morgan fingerprint density at radius 1 is 1.30 bits per heavy atom. The van der Waals surface area contributed by atoms with Crippen LogP contribution >= 0.6 is 27.7 Å². The molecule has 6 heteroatoms. The van der Waals surface area contributed by atoms with Gasteiger partial charge in [0.15, 0.2) is 5.82 Å². The maximum atomic E-state index is 9.79. The molecule has 2 aromatic rings. The lowest BCUT2D eigenvalue weighted by atomic mass is 10.0. The highest BCUT2D eigenvalue weighted by Crippen LogP contribution is 2.23. The standard InChI is InChI=1S/C14H17BrN2O2S/c1-9(2)12(18)7-14-16-13(17-19-14)8-20-11-5-3-10(15)4-6-11/h3-6,9,12,18H,7-8H2,1-2H3. The molecule has 0 aliphatic heterocycles. The zero-order valence-electron chi connectivity index (χ0n) is 11.4. The van der Waals surface area contributed by atoms with Gasteiger partial charge in [0, 0.05) is 9.37 Å². The number of hydrogen-bond acceptors (Lipinski definition) is 5. The Morgan fingerprint density at radius 3 is 2.65 bits per heavy atom. The molecule has 0 aliphatic carbocycles. The number of aliphatic hydroxyl groups excluding tert-OH is 1. The summed E-state index contributed by atoms with van der Waals surface area (Å²) in [5.41, 5.74) is 0. The second-order valence-electron chi connectivity index (χ2n) is 4.86. The second kappa shape index (κ2) is 7.24. The van der Waals surface area contributed by atoms with Gasteiger partial charge >= 0.3 is 0 Å². The number of aromatic nitrogens is 2. The SMILES string of the molecule is CC(C)C(O)Cc1nc(CSc2ccc(Br)cc2)no1. The second-order valence-corrected chi connectivity index (χ2v) is 6.83. The third-order valence-corrected chi connectivity index (χ3v) is 4.38. The highest BCUT2D eigenvalue weighted by Gasteiger charge is 2.15. The predicted molar refractivity (Wildman–Crippen MR) is 82.5 cm³/mol. The van der Waals surface area contributed by atoms with Crippen molar-refractivity contribution < 1.29 is 9.63 Å². The lowest BCUT2D eigenvalue weighted by molar-refractivity contribution is 0.116. The molecule has 20 heavy (non-hydrogen) atoms. The first-order valence-corrected chi connectivity index (χ1v) is 8.20. The van der Waals surface area contributed by atoms with Crippen molar-refractivity contribution in [2.45, 2.75) is 37.0 Å². The molecule has 1 unspecified atom stereocenters. The lowest BCUT2D eigenvalue weighted by Gasteiger charge is -2.10. The fourth-order valence-electron chi connectivity index (χ4n) is 1.52. The summed E-state index contributed by atoms with van der Waals surface area (Å²) in [7, 11) is 0. The fraction of sp³-hybridized carbons (Fsp3) is 0.429. The molecule has 0 amide bonds. The van der Waals surface area contributed by atoms with Crippen LogP contribution in [0.4, 0.5) is 0 Å². The molecular weight excluding hydrogens is 340 g/mol. The minimum Gasteiger partial charge on any atom is -0.392 e. The largest absolute Gasteiger partial charge is 0.392 e. The Bertz CT molecular complexity index is 542. The summed E-state index contributed by atoms with van der Waals surface area (Å²) < 4.78 is 6.21. The van der Waals surface area contributed by atoms with Crippen LogP contribution in [0.25, 0.3) is 0 Å². The van der Waals surface area contributed by atoms with E-state index in [0.29, 0.717) is 23.9 Å². The lowest BCUT2D eigenvalue weighted by Crippen LogP contribution is -2.17. The van der Waals surface area contributed by atoms with Crippen molar-refractivity contribution in [2.24, 2.45) is 5.92 Å². The van der Waals surface area contributed by atoms with Crippen LogP contribution in [0, 0.1) is 5.92 Å². The zero-order valence-corrected chi connectivity index (χ0v) is 13.8. The Kier molecular flexibility index (Phi) is 5.63. The molecule has 0 spiro atoms. The number of aliphatic hydroxyl groups is 1. The molecule has 108 valence electrons. The van der Waals surface area contributed by atoms with E-state index < -0.39 is 6.10 Å². The van der Waals surface area contributed by atoms with E-state index in [1.54, 1.807) is 11.8 Å². The summed E-state index contributed by atoms with van der Waals surface area (Å²) in [6, 6.07) is 8.09. The first-order valence-electron chi connectivity index (χ1n) is 6.42. The smallest absolute Gasteiger partial charge is 0.229 e. The molecular formula is C14H17BrN2O2S. The summed E-state index contributed by atoms with van der Waals surface area (Å²) in [4.78, 5) is 5.45. The van der Waals surface area contributed by atoms with Gasteiger partial charge < -0.3 is 9.63 Å². The van der Waals surface area contributed by atoms with Crippen LogP contribution in [0.2, 0.25) is 0 Å². The molecule has 1 heterocycles. The first-order chi connectivity index (χ1) is 9.54. The van der Waals surface area contributed by atoms with Crippen LogP contribution in [-0.2, 0) is 12.2 Å². The number of rotatable bonds is 6. The van der Waals surface area contributed by atoms with Crippen LogP contribution in [0.15, 0.2) is 38.2 Å². The fourth-order valence-corrected chi connectivity index (χ4v) is 2.53. The molecule has 0 saturated heterocycles. The summed E-state index contributed by atoms with van der Waals surface area (Å²) in [5.74, 6) is 1.99. The molecule has 0 saturated carbocycles. The van der Waals surface area contributed by atoms with Crippen LogP contribution in [0.5, 0.6) is 0 Å². The maximum absolute atomic E-state index is 9.79. The first kappa shape index (κ1) is 15.5. The summed E-state index contributed by atoms with van der Waals surface area (Å²) in [5, 5.41) is 13.7. The zero-order chi connectivity index (χ0) is 14.5. The van der Waals surface area contributed by atoms with Crippen LogP contribution in [0.3, 0.4) is 0 Å². The molecule has 1 aromatic heterocycles. The van der Waals surface area contributed by atoms with E-state index in [1.807, 2.05) is 38.1 Å². The number of benzene rings is 1. The van der Waals surface area contributed by atoms with Crippen molar-refractivity contribution in [3.8, 4) is 0 Å². The summed E-state index contributed by atoms with van der Waals surface area (Å²) in [6.45, 7) is 3.93. The Morgan fingerprint density at radius 2 is 2.00 bits per heavy atom. The van der Waals surface area contributed by atoms with Crippen molar-refractivity contribution in [1.82, 2.24) is 10.1 Å². The topological polar surface area (TPSA) is 59.2 Å². The van der Waals surface area contributed by atoms with Crippen molar-refractivity contribution >= 4 is 27.7 Å². The highest BCUT2D eigenvalue weighted by atomic mass is 79.9. The van der Waals surface area contributed by atoms with Gasteiger partial charge in [0.25, 0.3) is 0 Å². The van der Waals surface area contributed by atoms with E-state index in [2.05, 4.69) is 26.1 Å². The van der Waals surface area contributed by atoms with Crippen molar-refractivity contribution in [1.29, 1.82) is 0 Å². The summed E-state index contributed by atoms with van der Waals surface area (Å²) in [6.07, 6.45) is -0.0319. The van der Waals surface area contributed by atoms with Gasteiger partial charge in [0.2, 0.25) is 5.89 Å².